The van der Waals surface area contributed by atoms with Gasteiger partial charge >= 0.3 is 0 Å². The molecule has 0 heterocycles. The van der Waals surface area contributed by atoms with Crippen molar-refractivity contribution in [2.45, 2.75) is 43.9 Å². The van der Waals surface area contributed by atoms with Gasteiger partial charge in [0.1, 0.15) is 0 Å². The molecule has 2 aliphatic carbocycles. The molecule has 0 spiro atoms. The Hall–Kier alpha value is -0.300. The Morgan fingerprint density at radius 1 is 1.19 bits per heavy atom. The van der Waals surface area contributed by atoms with Gasteiger partial charge in [0.05, 0.1) is 0 Å². The predicted molar refractivity (Wildman–Crippen MR) is 72.0 cm³/mol. The van der Waals surface area contributed by atoms with Crippen molar-refractivity contribution in [1.82, 2.24) is 0 Å². The minimum atomic E-state index is 0.592. The van der Waals surface area contributed by atoms with Crippen LogP contribution in [0, 0.1) is 11.8 Å². The van der Waals surface area contributed by atoms with Crippen LogP contribution in [0.3, 0.4) is 0 Å². The molecule has 3 atom stereocenters. The zero-order chi connectivity index (χ0) is 11.1. The van der Waals surface area contributed by atoms with Gasteiger partial charge in [-0.3, -0.25) is 0 Å². The number of rotatable bonds is 2. The highest BCUT2D eigenvalue weighted by atomic mass is 79.9. The van der Waals surface area contributed by atoms with E-state index in [2.05, 4.69) is 41.1 Å². The third-order valence-corrected chi connectivity index (χ3v) is 5.45. The summed E-state index contributed by atoms with van der Waals surface area (Å²) in [5, 5.41) is 0. The van der Waals surface area contributed by atoms with E-state index in [1.807, 2.05) is 0 Å². The number of fused-ring (bicyclic) bond motifs is 1. The number of aryl methyl sites for hydroxylation is 2. The van der Waals surface area contributed by atoms with E-state index >= 15 is 0 Å². The van der Waals surface area contributed by atoms with E-state index in [4.69, 9.17) is 0 Å². The molecule has 0 amide bonds. The molecule has 1 fully saturated rings. The van der Waals surface area contributed by atoms with Crippen molar-refractivity contribution in [3.8, 4) is 0 Å². The summed E-state index contributed by atoms with van der Waals surface area (Å²) in [4.78, 5) is 0.592. The van der Waals surface area contributed by atoms with Gasteiger partial charge in [0, 0.05) is 4.83 Å². The Labute approximate surface area is 107 Å². The van der Waals surface area contributed by atoms with Crippen LogP contribution in [0.1, 0.15) is 47.7 Å². The maximum absolute atomic E-state index is 3.88. The van der Waals surface area contributed by atoms with Gasteiger partial charge in [0.25, 0.3) is 0 Å². The molecule has 1 saturated carbocycles. The lowest BCUT2D eigenvalue weighted by Crippen LogP contribution is -2.04. The van der Waals surface area contributed by atoms with Crippen LogP contribution in [-0.2, 0) is 12.8 Å². The molecule has 3 unspecified atom stereocenters. The molecule has 1 aromatic rings. The van der Waals surface area contributed by atoms with Crippen molar-refractivity contribution in [3.05, 3.63) is 34.9 Å². The van der Waals surface area contributed by atoms with Crippen LogP contribution in [0.2, 0.25) is 0 Å². The molecule has 0 nitrogen and oxygen atoms in total. The van der Waals surface area contributed by atoms with Crippen molar-refractivity contribution in [1.29, 1.82) is 0 Å². The van der Waals surface area contributed by atoms with Gasteiger partial charge < -0.3 is 0 Å². The van der Waals surface area contributed by atoms with Crippen LogP contribution in [0.5, 0.6) is 0 Å². The van der Waals surface area contributed by atoms with Gasteiger partial charge in [-0.2, -0.15) is 0 Å². The maximum atomic E-state index is 3.88. The van der Waals surface area contributed by atoms with E-state index in [9.17, 15) is 0 Å². The SMILES string of the molecule is CC1CC1C(Br)c1ccc2c(c1)CCCC2. The van der Waals surface area contributed by atoms with Gasteiger partial charge in [-0.1, -0.05) is 41.1 Å². The van der Waals surface area contributed by atoms with Crippen LogP contribution in [0.4, 0.5) is 0 Å². The summed E-state index contributed by atoms with van der Waals surface area (Å²) < 4.78 is 0. The van der Waals surface area contributed by atoms with Crippen LogP contribution >= 0.6 is 15.9 Å². The molecule has 1 aromatic carbocycles. The van der Waals surface area contributed by atoms with Crippen LogP contribution in [-0.4, -0.2) is 0 Å². The van der Waals surface area contributed by atoms with E-state index in [1.165, 1.54) is 37.7 Å². The summed E-state index contributed by atoms with van der Waals surface area (Å²) in [5.41, 5.74) is 4.72. The van der Waals surface area contributed by atoms with Crippen molar-refractivity contribution in [3.63, 3.8) is 0 Å². The molecule has 0 aliphatic heterocycles. The first-order valence-corrected chi connectivity index (χ1v) is 7.43. The Morgan fingerprint density at radius 3 is 2.56 bits per heavy atom. The lowest BCUT2D eigenvalue weighted by atomic mass is 9.89. The molecule has 0 N–H and O–H groups in total. The highest BCUT2D eigenvalue weighted by Gasteiger charge is 2.38. The van der Waals surface area contributed by atoms with Crippen LogP contribution in [0.25, 0.3) is 0 Å². The number of hydrogen-bond donors (Lipinski definition) is 0. The van der Waals surface area contributed by atoms with Gasteiger partial charge in [-0.05, 0) is 60.6 Å². The average molecular weight is 279 g/mol. The number of benzene rings is 1. The number of alkyl halides is 1. The summed E-state index contributed by atoms with van der Waals surface area (Å²) in [5.74, 6) is 1.79. The van der Waals surface area contributed by atoms with E-state index in [-0.39, 0.29) is 0 Å². The average Bonchev–Trinajstić information content (AvgIpc) is 3.05. The fraction of sp³-hybridized carbons (Fsp3) is 0.600. The van der Waals surface area contributed by atoms with Crippen molar-refractivity contribution in [2.24, 2.45) is 11.8 Å². The first kappa shape index (κ1) is 10.8. The van der Waals surface area contributed by atoms with E-state index in [1.54, 1.807) is 11.1 Å². The quantitative estimate of drug-likeness (QED) is 0.691. The van der Waals surface area contributed by atoms with Crippen molar-refractivity contribution in [2.75, 3.05) is 0 Å². The summed E-state index contributed by atoms with van der Waals surface area (Å²) in [6, 6.07) is 7.17. The number of hydrogen-bond acceptors (Lipinski definition) is 0. The molecule has 1 heteroatoms. The van der Waals surface area contributed by atoms with E-state index in [0.717, 1.165) is 11.8 Å². The molecular formula is C15H19Br. The first-order valence-electron chi connectivity index (χ1n) is 6.51. The second kappa shape index (κ2) is 4.18. The van der Waals surface area contributed by atoms with E-state index < -0.39 is 0 Å². The maximum Gasteiger partial charge on any atom is 0.0426 e. The fourth-order valence-electron chi connectivity index (χ4n) is 2.93. The predicted octanol–water partition coefficient (Wildman–Crippen LogP) is 4.66. The fourth-order valence-corrected chi connectivity index (χ4v) is 3.95. The summed E-state index contributed by atoms with van der Waals surface area (Å²) in [7, 11) is 0. The molecule has 16 heavy (non-hydrogen) atoms. The minimum Gasteiger partial charge on any atom is -0.0836 e. The molecule has 2 aliphatic rings. The zero-order valence-corrected chi connectivity index (χ0v) is 11.5. The van der Waals surface area contributed by atoms with Gasteiger partial charge in [0.15, 0.2) is 0 Å². The summed E-state index contributed by atoms with van der Waals surface area (Å²) >= 11 is 3.88. The third kappa shape index (κ3) is 1.95. The molecule has 0 saturated heterocycles. The van der Waals surface area contributed by atoms with Crippen LogP contribution in [0.15, 0.2) is 18.2 Å². The van der Waals surface area contributed by atoms with E-state index in [0.29, 0.717) is 4.83 Å². The normalized spacial score (nSPS) is 29.6. The van der Waals surface area contributed by atoms with Gasteiger partial charge in [-0.25, -0.2) is 0 Å². The highest BCUT2D eigenvalue weighted by Crippen LogP contribution is 2.51. The molecule has 0 radical (unpaired) electrons. The van der Waals surface area contributed by atoms with Gasteiger partial charge in [-0.15, -0.1) is 0 Å². The Morgan fingerprint density at radius 2 is 1.88 bits per heavy atom. The minimum absolute atomic E-state index is 0.592. The molecule has 0 bridgehead atoms. The van der Waals surface area contributed by atoms with Crippen molar-refractivity contribution < 1.29 is 0 Å². The van der Waals surface area contributed by atoms with Gasteiger partial charge in [0.2, 0.25) is 0 Å². The Kier molecular flexibility index (Phi) is 2.83. The second-order valence-corrected chi connectivity index (χ2v) is 6.50. The standard InChI is InChI=1S/C15H19Br/c1-10-8-14(10)15(16)13-7-6-11-4-2-3-5-12(11)9-13/h6-7,9-10,14-15H,2-5,8H2,1H3. The zero-order valence-electron chi connectivity index (χ0n) is 9.88. The highest BCUT2D eigenvalue weighted by molar-refractivity contribution is 9.09. The lowest BCUT2D eigenvalue weighted by molar-refractivity contribution is 0.680. The molecule has 3 rings (SSSR count). The largest absolute Gasteiger partial charge is 0.0836 e. The van der Waals surface area contributed by atoms with Crippen LogP contribution < -0.4 is 0 Å². The monoisotopic (exact) mass is 278 g/mol. The smallest absolute Gasteiger partial charge is 0.0426 e. The number of halogens is 1. The molecule has 86 valence electrons. The summed E-state index contributed by atoms with van der Waals surface area (Å²) in [6.45, 7) is 2.36. The Balaban J connectivity index is 1.85. The van der Waals surface area contributed by atoms with Crippen molar-refractivity contribution >= 4 is 15.9 Å². The molecule has 0 aromatic heterocycles. The Bertz CT molecular complexity index is 396. The molecular weight excluding hydrogens is 260 g/mol. The third-order valence-electron chi connectivity index (χ3n) is 4.24. The lowest BCUT2D eigenvalue weighted by Gasteiger charge is -2.18. The summed E-state index contributed by atoms with van der Waals surface area (Å²) in [6.07, 6.45) is 6.74. The first-order chi connectivity index (χ1) is 7.75. The second-order valence-electron chi connectivity index (χ2n) is 5.51. The topological polar surface area (TPSA) is 0 Å².